The van der Waals surface area contributed by atoms with Crippen LogP contribution in [0.1, 0.15) is 6.42 Å². The van der Waals surface area contributed by atoms with Gasteiger partial charge in [-0.25, -0.2) is 8.78 Å². The van der Waals surface area contributed by atoms with E-state index in [2.05, 4.69) is 20.8 Å². The van der Waals surface area contributed by atoms with Gasteiger partial charge in [0.15, 0.2) is 0 Å². The number of ether oxygens (including phenoxy) is 1. The molecule has 8 heteroatoms. The van der Waals surface area contributed by atoms with Gasteiger partial charge in [0, 0.05) is 44.1 Å². The summed E-state index contributed by atoms with van der Waals surface area (Å²) in [6.07, 6.45) is 0.948. The molecule has 0 aliphatic carbocycles. The summed E-state index contributed by atoms with van der Waals surface area (Å²) in [7, 11) is 1.71. The third kappa shape index (κ3) is 6.98. The largest absolute Gasteiger partial charge is 0.495 e. The molecule has 1 heterocycles. The Labute approximate surface area is 212 Å². The van der Waals surface area contributed by atoms with Crippen LogP contribution in [-0.2, 0) is 0 Å². The van der Waals surface area contributed by atoms with Gasteiger partial charge in [-0.1, -0.05) is 12.1 Å². The number of anilines is 3. The Balaban J connectivity index is 0.00000204. The van der Waals surface area contributed by atoms with Gasteiger partial charge in [0.25, 0.3) is 0 Å². The lowest BCUT2D eigenvalue weighted by molar-refractivity contribution is 0.255. The maximum absolute atomic E-state index is 13.4. The van der Waals surface area contributed by atoms with Gasteiger partial charge in [0.2, 0.25) is 0 Å². The first kappa shape index (κ1) is 27.7. The van der Waals surface area contributed by atoms with Crippen molar-refractivity contribution in [3.05, 3.63) is 84.4 Å². The zero-order chi connectivity index (χ0) is 22.3. The van der Waals surface area contributed by atoms with Gasteiger partial charge in [0.05, 0.1) is 12.8 Å². The van der Waals surface area contributed by atoms with Gasteiger partial charge in [-0.05, 0) is 73.6 Å². The summed E-state index contributed by atoms with van der Waals surface area (Å²) in [4.78, 5) is 6.96. The number of rotatable bonds is 8. The standard InChI is InChI=1S/C26H29F2N3O.2ClH/c1-32-26-6-3-2-5-25(26)30-19-17-29(18-20-30)15-4-16-31(23-11-7-21(27)8-12-23)24-13-9-22(28)10-14-24;;/h2-3,5-14H,4,15-20H2,1H3;2*1H. The second-order valence-electron chi connectivity index (χ2n) is 7.96. The van der Waals surface area contributed by atoms with Gasteiger partial charge in [0.1, 0.15) is 17.4 Å². The van der Waals surface area contributed by atoms with Gasteiger partial charge in [-0.15, -0.1) is 24.8 Å². The summed E-state index contributed by atoms with van der Waals surface area (Å²) in [5.74, 6) is 0.386. The maximum atomic E-state index is 13.4. The van der Waals surface area contributed by atoms with Crippen LogP contribution in [0.3, 0.4) is 0 Å². The van der Waals surface area contributed by atoms with Crippen LogP contribution in [0.2, 0.25) is 0 Å². The summed E-state index contributed by atoms with van der Waals surface area (Å²) in [5.41, 5.74) is 2.95. The minimum Gasteiger partial charge on any atom is -0.495 e. The summed E-state index contributed by atoms with van der Waals surface area (Å²) in [6.45, 7) is 5.64. The molecule has 0 aromatic heterocycles. The Bertz CT molecular complexity index is 952. The predicted molar refractivity (Wildman–Crippen MR) is 141 cm³/mol. The SMILES string of the molecule is COc1ccccc1N1CCN(CCCN(c2ccc(F)cc2)c2ccc(F)cc2)CC1.Cl.Cl. The Morgan fingerprint density at radius 3 is 1.82 bits per heavy atom. The van der Waals surface area contributed by atoms with E-state index >= 15 is 0 Å². The normalized spacial score (nSPS) is 13.6. The molecule has 0 amide bonds. The lowest BCUT2D eigenvalue weighted by Crippen LogP contribution is -2.47. The zero-order valence-corrected chi connectivity index (χ0v) is 20.8. The number of para-hydroxylation sites is 2. The molecule has 1 saturated heterocycles. The number of nitrogens with zero attached hydrogens (tertiary/aromatic N) is 3. The van der Waals surface area contributed by atoms with E-state index in [0.717, 1.165) is 68.5 Å². The zero-order valence-electron chi connectivity index (χ0n) is 19.2. The van der Waals surface area contributed by atoms with Crippen molar-refractivity contribution in [2.75, 3.05) is 56.2 Å². The Morgan fingerprint density at radius 2 is 1.29 bits per heavy atom. The second kappa shape index (κ2) is 13.4. The van der Waals surface area contributed by atoms with E-state index in [1.54, 1.807) is 31.4 Å². The van der Waals surface area contributed by atoms with Gasteiger partial charge >= 0.3 is 0 Å². The van der Waals surface area contributed by atoms with Crippen molar-refractivity contribution in [1.82, 2.24) is 4.90 Å². The molecular weight excluding hydrogens is 479 g/mol. The molecule has 0 spiro atoms. The van der Waals surface area contributed by atoms with Crippen LogP contribution in [-0.4, -0.2) is 51.3 Å². The molecule has 1 aliphatic rings. The van der Waals surface area contributed by atoms with E-state index in [1.807, 2.05) is 18.2 Å². The fourth-order valence-corrected chi connectivity index (χ4v) is 4.21. The molecule has 0 bridgehead atoms. The molecule has 1 aliphatic heterocycles. The second-order valence-corrected chi connectivity index (χ2v) is 7.96. The first-order chi connectivity index (χ1) is 15.6. The summed E-state index contributed by atoms with van der Waals surface area (Å²) in [6, 6.07) is 21.1. The first-order valence-corrected chi connectivity index (χ1v) is 11.0. The van der Waals surface area contributed by atoms with Crippen molar-refractivity contribution in [2.45, 2.75) is 6.42 Å². The lowest BCUT2D eigenvalue weighted by atomic mass is 10.2. The van der Waals surface area contributed by atoms with Crippen LogP contribution in [0.25, 0.3) is 0 Å². The quantitative estimate of drug-likeness (QED) is 0.361. The van der Waals surface area contributed by atoms with Crippen molar-refractivity contribution >= 4 is 41.9 Å². The molecule has 3 aromatic rings. The molecule has 0 radical (unpaired) electrons. The molecule has 1 fully saturated rings. The third-order valence-electron chi connectivity index (χ3n) is 5.93. The minimum absolute atomic E-state index is 0. The number of halogens is 4. The van der Waals surface area contributed by atoms with Crippen LogP contribution >= 0.6 is 24.8 Å². The lowest BCUT2D eigenvalue weighted by Gasteiger charge is -2.37. The minimum atomic E-state index is -0.263. The van der Waals surface area contributed by atoms with Crippen molar-refractivity contribution in [3.63, 3.8) is 0 Å². The van der Waals surface area contributed by atoms with Crippen molar-refractivity contribution in [1.29, 1.82) is 0 Å². The smallest absolute Gasteiger partial charge is 0.142 e. The number of benzene rings is 3. The number of hydrogen-bond donors (Lipinski definition) is 0. The Kier molecular flexibility index (Phi) is 10.9. The number of methoxy groups -OCH3 is 1. The van der Waals surface area contributed by atoms with Crippen molar-refractivity contribution in [3.8, 4) is 5.75 Å². The molecule has 4 rings (SSSR count). The monoisotopic (exact) mass is 509 g/mol. The summed E-state index contributed by atoms with van der Waals surface area (Å²) < 4.78 is 32.3. The van der Waals surface area contributed by atoms with Crippen LogP contribution in [0.4, 0.5) is 25.8 Å². The first-order valence-electron chi connectivity index (χ1n) is 11.0. The Hall–Kier alpha value is -2.54. The molecule has 0 atom stereocenters. The molecule has 0 unspecified atom stereocenters. The van der Waals surface area contributed by atoms with E-state index in [-0.39, 0.29) is 36.4 Å². The number of piperazine rings is 1. The third-order valence-corrected chi connectivity index (χ3v) is 5.93. The highest BCUT2D eigenvalue weighted by Crippen LogP contribution is 2.29. The highest BCUT2D eigenvalue weighted by Gasteiger charge is 2.19. The van der Waals surface area contributed by atoms with Gasteiger partial charge < -0.3 is 14.5 Å². The number of hydrogen-bond acceptors (Lipinski definition) is 4. The molecule has 3 aromatic carbocycles. The molecule has 0 saturated carbocycles. The van der Waals surface area contributed by atoms with E-state index in [0.29, 0.717) is 0 Å². The summed E-state index contributed by atoms with van der Waals surface area (Å²) in [5, 5.41) is 0. The van der Waals surface area contributed by atoms with Gasteiger partial charge in [-0.3, -0.25) is 4.90 Å². The van der Waals surface area contributed by atoms with E-state index in [4.69, 9.17) is 4.74 Å². The van der Waals surface area contributed by atoms with E-state index < -0.39 is 0 Å². The maximum Gasteiger partial charge on any atom is 0.142 e. The highest BCUT2D eigenvalue weighted by molar-refractivity contribution is 5.85. The van der Waals surface area contributed by atoms with E-state index in [9.17, 15) is 8.78 Å². The van der Waals surface area contributed by atoms with Crippen LogP contribution < -0.4 is 14.5 Å². The fraction of sp³-hybridized carbons (Fsp3) is 0.308. The molecule has 184 valence electrons. The predicted octanol–water partition coefficient (Wildman–Crippen LogP) is 6.17. The van der Waals surface area contributed by atoms with Crippen molar-refractivity contribution < 1.29 is 13.5 Å². The molecule has 34 heavy (non-hydrogen) atoms. The molecule has 0 N–H and O–H groups in total. The summed E-state index contributed by atoms with van der Waals surface area (Å²) >= 11 is 0. The van der Waals surface area contributed by atoms with Crippen molar-refractivity contribution in [2.24, 2.45) is 0 Å². The van der Waals surface area contributed by atoms with E-state index in [1.165, 1.54) is 24.3 Å². The average molecular weight is 510 g/mol. The molecular formula is C26H31Cl2F2N3O. The highest BCUT2D eigenvalue weighted by atomic mass is 35.5. The van der Waals surface area contributed by atoms with Crippen LogP contribution in [0, 0.1) is 11.6 Å². The average Bonchev–Trinajstić information content (AvgIpc) is 2.84. The van der Waals surface area contributed by atoms with Crippen LogP contribution in [0.5, 0.6) is 5.75 Å². The van der Waals surface area contributed by atoms with Crippen LogP contribution in [0.15, 0.2) is 72.8 Å². The molecule has 4 nitrogen and oxygen atoms in total. The topological polar surface area (TPSA) is 19.0 Å². The Morgan fingerprint density at radius 1 is 0.765 bits per heavy atom. The van der Waals surface area contributed by atoms with Gasteiger partial charge in [-0.2, -0.15) is 0 Å². The fourth-order valence-electron chi connectivity index (χ4n) is 4.21.